The fraction of sp³-hybridized carbons (Fsp3) is 0.583. The average Bonchev–Trinajstić information content (AvgIpc) is 2.20. The van der Waals surface area contributed by atoms with E-state index in [-0.39, 0.29) is 0 Å². The van der Waals surface area contributed by atoms with E-state index >= 15 is 0 Å². The Balaban J connectivity index is 2.46. The molecule has 14 heavy (non-hydrogen) atoms. The first-order valence-electron chi connectivity index (χ1n) is 5.49. The van der Waals surface area contributed by atoms with Crippen LogP contribution in [0, 0.1) is 0 Å². The maximum atomic E-state index is 4.13. The molecular weight excluding hydrogens is 172 g/mol. The molecule has 0 fully saturated rings. The molecule has 0 aliphatic heterocycles. The van der Waals surface area contributed by atoms with E-state index < -0.39 is 0 Å². The van der Waals surface area contributed by atoms with Gasteiger partial charge in [0.05, 0.1) is 0 Å². The van der Waals surface area contributed by atoms with E-state index in [2.05, 4.69) is 30.2 Å². The first-order valence-corrected chi connectivity index (χ1v) is 5.49. The van der Waals surface area contributed by atoms with E-state index in [4.69, 9.17) is 0 Å². The van der Waals surface area contributed by atoms with Crippen LogP contribution in [0.2, 0.25) is 0 Å². The van der Waals surface area contributed by atoms with Crippen molar-refractivity contribution in [2.24, 2.45) is 0 Å². The van der Waals surface area contributed by atoms with Crippen molar-refractivity contribution in [3.63, 3.8) is 0 Å². The molecule has 1 aromatic heterocycles. The summed E-state index contributed by atoms with van der Waals surface area (Å²) in [5, 5.41) is 3.50. The van der Waals surface area contributed by atoms with Gasteiger partial charge in [0.25, 0.3) is 0 Å². The lowest BCUT2D eigenvalue weighted by Crippen LogP contribution is -2.30. The first-order chi connectivity index (χ1) is 6.86. The average molecular weight is 192 g/mol. The number of aromatic nitrogens is 1. The molecule has 2 heteroatoms. The number of pyridine rings is 1. The lowest BCUT2D eigenvalue weighted by molar-refractivity contribution is 0.485. The summed E-state index contributed by atoms with van der Waals surface area (Å²) in [6, 6.07) is 4.76. The van der Waals surface area contributed by atoms with E-state index in [1.54, 1.807) is 0 Å². The van der Waals surface area contributed by atoms with Crippen molar-refractivity contribution < 1.29 is 0 Å². The van der Waals surface area contributed by atoms with Crippen LogP contribution in [-0.2, 0) is 6.42 Å². The third-order valence-corrected chi connectivity index (χ3v) is 2.33. The molecular formula is C12H20N2. The van der Waals surface area contributed by atoms with Gasteiger partial charge in [-0.05, 0) is 31.0 Å². The van der Waals surface area contributed by atoms with E-state index in [0.29, 0.717) is 6.04 Å². The zero-order valence-corrected chi connectivity index (χ0v) is 9.16. The second kappa shape index (κ2) is 6.55. The van der Waals surface area contributed by atoms with E-state index in [1.807, 2.05) is 18.5 Å². The SMILES string of the molecule is CCCC(Cc1cccnc1)NCC. The summed E-state index contributed by atoms with van der Waals surface area (Å²) in [5.74, 6) is 0. The summed E-state index contributed by atoms with van der Waals surface area (Å²) in [4.78, 5) is 4.13. The van der Waals surface area contributed by atoms with E-state index in [1.165, 1.54) is 18.4 Å². The number of likely N-dealkylation sites (N-methyl/N-ethyl adjacent to an activating group) is 1. The maximum Gasteiger partial charge on any atom is 0.0300 e. The molecule has 1 aromatic rings. The largest absolute Gasteiger partial charge is 0.314 e. The van der Waals surface area contributed by atoms with E-state index in [0.717, 1.165) is 13.0 Å². The van der Waals surface area contributed by atoms with Crippen molar-refractivity contribution in [2.75, 3.05) is 6.54 Å². The molecule has 0 aromatic carbocycles. The molecule has 1 atom stereocenters. The summed E-state index contributed by atoms with van der Waals surface area (Å²) in [6.45, 7) is 5.43. The molecule has 1 unspecified atom stereocenters. The Bertz CT molecular complexity index is 227. The van der Waals surface area contributed by atoms with Gasteiger partial charge in [-0.2, -0.15) is 0 Å². The minimum atomic E-state index is 0.606. The number of nitrogens with zero attached hydrogens (tertiary/aromatic N) is 1. The van der Waals surface area contributed by atoms with Gasteiger partial charge in [0.1, 0.15) is 0 Å². The quantitative estimate of drug-likeness (QED) is 0.748. The summed E-state index contributed by atoms with van der Waals surface area (Å²) >= 11 is 0. The molecule has 0 amide bonds. The molecule has 0 aliphatic carbocycles. The second-order valence-corrected chi connectivity index (χ2v) is 3.61. The highest BCUT2D eigenvalue weighted by molar-refractivity contribution is 5.10. The van der Waals surface area contributed by atoms with Gasteiger partial charge in [-0.25, -0.2) is 0 Å². The van der Waals surface area contributed by atoms with Crippen LogP contribution in [0.25, 0.3) is 0 Å². The topological polar surface area (TPSA) is 24.9 Å². The van der Waals surface area contributed by atoms with Crippen molar-refractivity contribution in [3.05, 3.63) is 30.1 Å². The predicted molar refractivity (Wildman–Crippen MR) is 60.3 cm³/mol. The van der Waals surface area contributed by atoms with Gasteiger partial charge >= 0.3 is 0 Å². The fourth-order valence-electron chi connectivity index (χ4n) is 1.72. The number of hydrogen-bond donors (Lipinski definition) is 1. The molecule has 78 valence electrons. The minimum absolute atomic E-state index is 0.606. The third-order valence-electron chi connectivity index (χ3n) is 2.33. The van der Waals surface area contributed by atoms with Gasteiger partial charge in [0.2, 0.25) is 0 Å². The van der Waals surface area contributed by atoms with Crippen LogP contribution in [0.4, 0.5) is 0 Å². The third kappa shape index (κ3) is 3.88. The molecule has 1 N–H and O–H groups in total. The molecule has 0 bridgehead atoms. The second-order valence-electron chi connectivity index (χ2n) is 3.61. The molecule has 0 radical (unpaired) electrons. The van der Waals surface area contributed by atoms with Crippen molar-refractivity contribution in [2.45, 2.75) is 39.2 Å². The Morgan fingerprint density at radius 1 is 1.43 bits per heavy atom. The number of nitrogens with one attached hydrogen (secondary N) is 1. The van der Waals surface area contributed by atoms with Gasteiger partial charge in [0, 0.05) is 18.4 Å². The Labute approximate surface area is 86.8 Å². The van der Waals surface area contributed by atoms with E-state index in [9.17, 15) is 0 Å². The van der Waals surface area contributed by atoms with Crippen molar-refractivity contribution >= 4 is 0 Å². The van der Waals surface area contributed by atoms with Crippen LogP contribution in [0.3, 0.4) is 0 Å². The molecule has 1 rings (SSSR count). The van der Waals surface area contributed by atoms with Crippen LogP contribution >= 0.6 is 0 Å². The zero-order chi connectivity index (χ0) is 10.2. The Kier molecular flexibility index (Phi) is 5.23. The Morgan fingerprint density at radius 2 is 2.29 bits per heavy atom. The van der Waals surface area contributed by atoms with Gasteiger partial charge in [-0.3, -0.25) is 4.98 Å². The van der Waals surface area contributed by atoms with Crippen LogP contribution in [0.15, 0.2) is 24.5 Å². The Hall–Kier alpha value is -0.890. The zero-order valence-electron chi connectivity index (χ0n) is 9.16. The number of hydrogen-bond acceptors (Lipinski definition) is 2. The molecule has 0 saturated heterocycles. The Morgan fingerprint density at radius 3 is 2.86 bits per heavy atom. The summed E-state index contributed by atoms with van der Waals surface area (Å²) < 4.78 is 0. The smallest absolute Gasteiger partial charge is 0.0300 e. The number of rotatable bonds is 6. The molecule has 0 spiro atoms. The highest BCUT2D eigenvalue weighted by Gasteiger charge is 2.06. The maximum absolute atomic E-state index is 4.13. The van der Waals surface area contributed by atoms with Crippen LogP contribution in [0.1, 0.15) is 32.3 Å². The monoisotopic (exact) mass is 192 g/mol. The standard InChI is InChI=1S/C12H20N2/c1-3-6-12(14-4-2)9-11-7-5-8-13-10-11/h5,7-8,10,12,14H,3-4,6,9H2,1-2H3. The lowest BCUT2D eigenvalue weighted by Gasteiger charge is -2.16. The predicted octanol–water partition coefficient (Wildman–Crippen LogP) is 2.40. The molecule has 0 saturated carbocycles. The summed E-state index contributed by atoms with van der Waals surface area (Å²) in [5.41, 5.74) is 1.33. The van der Waals surface area contributed by atoms with Gasteiger partial charge in [-0.15, -0.1) is 0 Å². The van der Waals surface area contributed by atoms with Gasteiger partial charge < -0.3 is 5.32 Å². The van der Waals surface area contributed by atoms with Crippen LogP contribution < -0.4 is 5.32 Å². The van der Waals surface area contributed by atoms with Crippen molar-refractivity contribution in [1.82, 2.24) is 10.3 Å². The highest BCUT2D eigenvalue weighted by atomic mass is 14.9. The van der Waals surface area contributed by atoms with Gasteiger partial charge in [0.15, 0.2) is 0 Å². The summed E-state index contributed by atoms with van der Waals surface area (Å²) in [6.07, 6.45) is 7.35. The molecule has 1 heterocycles. The first kappa shape index (κ1) is 11.2. The molecule has 0 aliphatic rings. The normalized spacial score (nSPS) is 12.7. The van der Waals surface area contributed by atoms with Gasteiger partial charge in [-0.1, -0.05) is 26.3 Å². The minimum Gasteiger partial charge on any atom is -0.314 e. The lowest BCUT2D eigenvalue weighted by atomic mass is 10.0. The molecule has 2 nitrogen and oxygen atoms in total. The summed E-state index contributed by atoms with van der Waals surface area (Å²) in [7, 11) is 0. The fourth-order valence-corrected chi connectivity index (χ4v) is 1.72. The van der Waals surface area contributed by atoms with Crippen LogP contribution in [0.5, 0.6) is 0 Å². The van der Waals surface area contributed by atoms with Crippen LogP contribution in [-0.4, -0.2) is 17.6 Å². The highest BCUT2D eigenvalue weighted by Crippen LogP contribution is 2.05. The van der Waals surface area contributed by atoms with Crippen molar-refractivity contribution in [1.29, 1.82) is 0 Å². The van der Waals surface area contributed by atoms with Crippen molar-refractivity contribution in [3.8, 4) is 0 Å².